The molecule has 2 aliphatic heterocycles. The normalized spacial score (nSPS) is 20.1. The molecule has 1 aromatic heterocycles. The minimum Gasteiger partial charge on any atom is -0.508 e. The summed E-state index contributed by atoms with van der Waals surface area (Å²) >= 11 is 0. The topological polar surface area (TPSA) is 87.7 Å². The number of aromatic hydroxyl groups is 1. The van der Waals surface area contributed by atoms with Gasteiger partial charge in [-0.2, -0.15) is 9.97 Å². The summed E-state index contributed by atoms with van der Waals surface area (Å²) in [4.78, 5) is 13.8. The number of nitrogens with zero attached hydrogens (tertiary/aromatic N) is 4. The Morgan fingerprint density at radius 1 is 1.19 bits per heavy atom. The van der Waals surface area contributed by atoms with E-state index in [2.05, 4.69) is 34.8 Å². The lowest BCUT2D eigenvalue weighted by molar-refractivity contribution is 0.111. The van der Waals surface area contributed by atoms with Gasteiger partial charge in [-0.05, 0) is 51.2 Å². The van der Waals surface area contributed by atoms with E-state index in [1.54, 1.807) is 6.07 Å². The monoisotopic (exact) mass is 419 g/mol. The van der Waals surface area contributed by atoms with Gasteiger partial charge >= 0.3 is 6.01 Å². The smallest absolute Gasteiger partial charge is 0.318 e. The summed E-state index contributed by atoms with van der Waals surface area (Å²) in [5, 5.41) is 12.4. The first-order valence-electron chi connectivity index (χ1n) is 11.0. The summed E-state index contributed by atoms with van der Waals surface area (Å²) in [7, 11) is 2.14. The third-order valence-electron chi connectivity index (χ3n) is 6.65. The van der Waals surface area contributed by atoms with Gasteiger partial charge in [-0.3, -0.25) is 4.90 Å². The van der Waals surface area contributed by atoms with Gasteiger partial charge in [0.15, 0.2) is 0 Å². The van der Waals surface area contributed by atoms with Crippen LogP contribution in [0.15, 0.2) is 36.4 Å². The fourth-order valence-corrected chi connectivity index (χ4v) is 5.00. The van der Waals surface area contributed by atoms with Gasteiger partial charge in [-0.15, -0.1) is 0 Å². The quantitative estimate of drug-likeness (QED) is 0.670. The molecule has 0 unspecified atom stereocenters. The number of nitrogens with two attached hydrogens (primary N) is 1. The number of aromatic nitrogens is 2. The van der Waals surface area contributed by atoms with Crippen molar-refractivity contribution in [3.63, 3.8) is 0 Å². The molecule has 0 bridgehead atoms. The van der Waals surface area contributed by atoms with Crippen molar-refractivity contribution < 1.29 is 9.84 Å². The second kappa shape index (κ2) is 7.89. The number of benzene rings is 2. The Morgan fingerprint density at radius 3 is 2.84 bits per heavy atom. The van der Waals surface area contributed by atoms with Crippen LogP contribution in [-0.2, 0) is 13.0 Å². The van der Waals surface area contributed by atoms with E-state index in [-0.39, 0.29) is 11.9 Å². The zero-order valence-electron chi connectivity index (χ0n) is 18.1. The zero-order chi connectivity index (χ0) is 21.5. The lowest BCUT2D eigenvalue weighted by atomic mass is 10.0. The van der Waals surface area contributed by atoms with E-state index in [1.165, 1.54) is 6.42 Å². The van der Waals surface area contributed by atoms with Crippen molar-refractivity contribution >= 4 is 22.3 Å². The van der Waals surface area contributed by atoms with Crippen LogP contribution in [0.1, 0.15) is 31.0 Å². The number of hydrogen-bond acceptors (Lipinski definition) is 7. The van der Waals surface area contributed by atoms with Crippen LogP contribution < -0.4 is 15.4 Å². The number of anilines is 2. The van der Waals surface area contributed by atoms with Gasteiger partial charge in [0.1, 0.15) is 17.7 Å². The van der Waals surface area contributed by atoms with Crippen molar-refractivity contribution in [2.45, 2.75) is 44.9 Å². The molecular formula is C24H29N5O2. The Kier molecular flexibility index (Phi) is 5.06. The average molecular weight is 420 g/mol. The number of nitrogen functional groups attached to an aromatic ring is 1. The van der Waals surface area contributed by atoms with E-state index in [1.807, 2.05) is 24.3 Å². The standard InChI is InChI=1S/C24H29N5O2/c1-15(21-8-5-10-28(21)2)31-24-26-20-14-29(11-9-19(20)23(25)27-24)22-13-17(30)12-16-6-3-4-7-18(16)22/h3-4,6-7,12-13,15,21,30H,5,8-11,14H2,1-2H3,(H2,25,26,27)/t15-,21-/m1/s1. The summed E-state index contributed by atoms with van der Waals surface area (Å²) in [6.45, 7) is 4.57. The van der Waals surface area contributed by atoms with Crippen molar-refractivity contribution in [1.29, 1.82) is 0 Å². The number of phenols is 1. The molecule has 0 saturated carbocycles. The third-order valence-corrected chi connectivity index (χ3v) is 6.65. The van der Waals surface area contributed by atoms with Crippen LogP contribution in [0.3, 0.4) is 0 Å². The molecule has 3 heterocycles. The summed E-state index contributed by atoms with van der Waals surface area (Å²) in [5.41, 5.74) is 9.19. The summed E-state index contributed by atoms with van der Waals surface area (Å²) < 4.78 is 6.14. The first kappa shape index (κ1) is 19.9. The van der Waals surface area contributed by atoms with E-state index in [9.17, 15) is 5.11 Å². The van der Waals surface area contributed by atoms with Gasteiger partial charge in [-0.25, -0.2) is 0 Å². The van der Waals surface area contributed by atoms with E-state index >= 15 is 0 Å². The number of rotatable bonds is 4. The van der Waals surface area contributed by atoms with E-state index in [0.29, 0.717) is 24.4 Å². The Bertz CT molecular complexity index is 1120. The van der Waals surface area contributed by atoms with Crippen LogP contribution >= 0.6 is 0 Å². The van der Waals surface area contributed by atoms with Crippen molar-refractivity contribution in [1.82, 2.24) is 14.9 Å². The minimum atomic E-state index is -0.000317. The number of ether oxygens (including phenoxy) is 1. The number of likely N-dealkylation sites (tertiary alicyclic amines) is 1. The molecule has 0 radical (unpaired) electrons. The van der Waals surface area contributed by atoms with Gasteiger partial charge in [0.2, 0.25) is 0 Å². The van der Waals surface area contributed by atoms with Crippen molar-refractivity contribution in [2.75, 3.05) is 30.8 Å². The number of likely N-dealkylation sites (N-methyl/N-ethyl adjacent to an activating group) is 1. The maximum Gasteiger partial charge on any atom is 0.318 e. The molecule has 31 heavy (non-hydrogen) atoms. The van der Waals surface area contributed by atoms with Crippen LogP contribution in [0.2, 0.25) is 0 Å². The Hall–Kier alpha value is -3.06. The Morgan fingerprint density at radius 2 is 2.03 bits per heavy atom. The van der Waals surface area contributed by atoms with Gasteiger partial charge in [0, 0.05) is 35.3 Å². The molecule has 3 N–H and O–H groups in total. The predicted molar refractivity (Wildman–Crippen MR) is 123 cm³/mol. The van der Waals surface area contributed by atoms with Gasteiger partial charge < -0.3 is 20.5 Å². The summed E-state index contributed by atoms with van der Waals surface area (Å²) in [6.07, 6.45) is 3.07. The molecule has 0 spiro atoms. The highest BCUT2D eigenvalue weighted by molar-refractivity contribution is 5.95. The molecule has 2 atom stereocenters. The van der Waals surface area contributed by atoms with Crippen LogP contribution in [0.25, 0.3) is 10.8 Å². The predicted octanol–water partition coefficient (Wildman–Crippen LogP) is 3.34. The fourth-order valence-electron chi connectivity index (χ4n) is 5.00. The molecule has 2 aromatic carbocycles. The fraction of sp³-hybridized carbons (Fsp3) is 0.417. The van der Waals surface area contributed by atoms with Gasteiger partial charge in [-0.1, -0.05) is 24.3 Å². The maximum absolute atomic E-state index is 10.3. The molecular weight excluding hydrogens is 390 g/mol. The molecule has 0 amide bonds. The van der Waals surface area contributed by atoms with Crippen LogP contribution in [0.5, 0.6) is 11.8 Å². The highest BCUT2D eigenvalue weighted by Gasteiger charge is 2.29. The number of phenolic OH excluding ortho intramolecular Hbond substituents is 1. The highest BCUT2D eigenvalue weighted by atomic mass is 16.5. The third kappa shape index (κ3) is 3.74. The molecule has 162 valence electrons. The van der Waals surface area contributed by atoms with E-state index in [0.717, 1.165) is 53.6 Å². The van der Waals surface area contributed by atoms with Crippen LogP contribution in [0, 0.1) is 0 Å². The van der Waals surface area contributed by atoms with Gasteiger partial charge in [0.25, 0.3) is 0 Å². The van der Waals surface area contributed by atoms with E-state index in [4.69, 9.17) is 15.5 Å². The molecule has 3 aromatic rings. The molecule has 2 aliphatic rings. The molecule has 0 aliphatic carbocycles. The molecule has 7 heteroatoms. The summed E-state index contributed by atoms with van der Waals surface area (Å²) in [5.74, 6) is 0.771. The first-order chi connectivity index (χ1) is 15.0. The molecule has 1 fully saturated rings. The molecule has 5 rings (SSSR count). The van der Waals surface area contributed by atoms with Crippen LogP contribution in [-0.4, -0.2) is 52.3 Å². The maximum atomic E-state index is 10.3. The van der Waals surface area contributed by atoms with Crippen molar-refractivity contribution in [3.05, 3.63) is 47.7 Å². The van der Waals surface area contributed by atoms with Crippen molar-refractivity contribution in [3.8, 4) is 11.8 Å². The minimum absolute atomic E-state index is 0.000317. The average Bonchev–Trinajstić information content (AvgIpc) is 3.18. The largest absolute Gasteiger partial charge is 0.508 e. The Labute approximate surface area is 182 Å². The Balaban J connectivity index is 1.43. The highest BCUT2D eigenvalue weighted by Crippen LogP contribution is 2.35. The molecule has 7 nitrogen and oxygen atoms in total. The van der Waals surface area contributed by atoms with E-state index < -0.39 is 0 Å². The SMILES string of the molecule is C[C@@H](Oc1nc(N)c2c(n1)CN(c1cc(O)cc3ccccc13)CC2)[C@H]1CCCN1C. The molecule has 1 saturated heterocycles. The zero-order valence-corrected chi connectivity index (χ0v) is 18.1. The lowest BCUT2D eigenvalue weighted by Gasteiger charge is -2.32. The lowest BCUT2D eigenvalue weighted by Crippen LogP contribution is -2.38. The second-order valence-corrected chi connectivity index (χ2v) is 8.69. The van der Waals surface area contributed by atoms with Crippen molar-refractivity contribution in [2.24, 2.45) is 0 Å². The van der Waals surface area contributed by atoms with Gasteiger partial charge in [0.05, 0.1) is 12.2 Å². The number of fused-ring (bicyclic) bond motifs is 2. The first-order valence-corrected chi connectivity index (χ1v) is 11.0. The van der Waals surface area contributed by atoms with Crippen LogP contribution in [0.4, 0.5) is 11.5 Å². The second-order valence-electron chi connectivity index (χ2n) is 8.69. The summed E-state index contributed by atoms with van der Waals surface area (Å²) in [6, 6.07) is 12.5. The number of hydrogen-bond donors (Lipinski definition) is 2.